The van der Waals surface area contributed by atoms with Gasteiger partial charge in [-0.1, -0.05) is 0 Å². The van der Waals surface area contributed by atoms with Gasteiger partial charge in [-0.2, -0.15) is 0 Å². The van der Waals surface area contributed by atoms with Crippen molar-refractivity contribution in [3.8, 4) is 0 Å². The molecule has 7 nitrogen and oxygen atoms in total. The Labute approximate surface area is 92.3 Å². The van der Waals surface area contributed by atoms with Crippen LogP contribution in [0.15, 0.2) is 12.5 Å². The maximum atomic E-state index is 11.0. The Kier molecular flexibility index (Phi) is 4.01. The van der Waals surface area contributed by atoms with Crippen LogP contribution in [0.25, 0.3) is 0 Å². The summed E-state index contributed by atoms with van der Waals surface area (Å²) < 4.78 is 1.70. The number of carboxylic acids is 1. The van der Waals surface area contributed by atoms with E-state index in [1.54, 1.807) is 24.1 Å². The number of nitrogens with one attached hydrogen (secondary N) is 1. The molecule has 1 aromatic rings. The van der Waals surface area contributed by atoms with Gasteiger partial charge in [0, 0.05) is 25.4 Å². The summed E-state index contributed by atoms with van der Waals surface area (Å²) in [5.74, 6) is -1.59. The number of carboxylic acid groups (broad SMARTS) is 1. The number of nitrogens with zero attached hydrogens (tertiary/aromatic N) is 2. The number of aliphatic carboxylic acids is 1. The van der Waals surface area contributed by atoms with E-state index in [2.05, 4.69) is 10.3 Å². The quantitative estimate of drug-likeness (QED) is 0.565. The second-order valence-corrected chi connectivity index (χ2v) is 3.36. The third-order valence-electron chi connectivity index (χ3n) is 2.15. The second-order valence-electron chi connectivity index (χ2n) is 3.36. The van der Waals surface area contributed by atoms with Gasteiger partial charge >= 0.3 is 5.97 Å². The molecule has 0 aromatic carbocycles. The summed E-state index contributed by atoms with van der Waals surface area (Å²) in [7, 11) is 1.76. The minimum Gasteiger partial charge on any atom is -0.480 e. The molecule has 1 rings (SSSR count). The molecule has 0 spiro atoms. The Balaban J connectivity index is 2.69. The van der Waals surface area contributed by atoms with E-state index in [0.717, 1.165) is 5.69 Å². The Bertz CT molecular complexity index is 388. The van der Waals surface area contributed by atoms with Crippen molar-refractivity contribution in [1.29, 1.82) is 0 Å². The number of imidazole rings is 1. The van der Waals surface area contributed by atoms with Gasteiger partial charge in [0.05, 0.1) is 12.9 Å². The van der Waals surface area contributed by atoms with Gasteiger partial charge in [-0.25, -0.2) is 9.78 Å². The number of aryl methyl sites for hydroxylation is 1. The Morgan fingerprint density at radius 3 is 2.81 bits per heavy atom. The lowest BCUT2D eigenvalue weighted by Gasteiger charge is -2.13. The molecule has 7 heteroatoms. The molecule has 0 aliphatic rings. The third kappa shape index (κ3) is 3.06. The average molecular weight is 226 g/mol. The molecule has 0 aliphatic heterocycles. The molecule has 1 amide bonds. The van der Waals surface area contributed by atoms with E-state index >= 15 is 0 Å². The van der Waals surface area contributed by atoms with Crippen LogP contribution in [0, 0.1) is 0 Å². The fourth-order valence-corrected chi connectivity index (χ4v) is 1.24. The first-order chi connectivity index (χ1) is 7.54. The van der Waals surface area contributed by atoms with Gasteiger partial charge in [-0.15, -0.1) is 0 Å². The molecule has 0 saturated carbocycles. The summed E-state index contributed by atoms with van der Waals surface area (Å²) in [6, 6.07) is -0.980. The maximum Gasteiger partial charge on any atom is 0.326 e. The summed E-state index contributed by atoms with van der Waals surface area (Å²) in [6.45, 7) is -0.227. The van der Waals surface area contributed by atoms with Gasteiger partial charge in [-0.3, -0.25) is 4.79 Å². The van der Waals surface area contributed by atoms with E-state index in [0.29, 0.717) is 0 Å². The minimum atomic E-state index is -1.09. The first kappa shape index (κ1) is 12.2. The summed E-state index contributed by atoms with van der Waals surface area (Å²) in [6.07, 6.45) is 3.31. The van der Waals surface area contributed by atoms with E-state index in [1.165, 1.54) is 0 Å². The maximum absolute atomic E-state index is 11.0. The third-order valence-corrected chi connectivity index (χ3v) is 2.15. The van der Waals surface area contributed by atoms with Crippen molar-refractivity contribution in [2.24, 2.45) is 12.8 Å². The van der Waals surface area contributed by atoms with Crippen molar-refractivity contribution < 1.29 is 14.7 Å². The highest BCUT2D eigenvalue weighted by Gasteiger charge is 2.20. The lowest BCUT2D eigenvalue weighted by atomic mass is 10.1. The smallest absolute Gasteiger partial charge is 0.326 e. The van der Waals surface area contributed by atoms with Crippen molar-refractivity contribution in [3.63, 3.8) is 0 Å². The lowest BCUT2D eigenvalue weighted by Crippen LogP contribution is -2.45. The zero-order chi connectivity index (χ0) is 12.1. The van der Waals surface area contributed by atoms with Crippen LogP contribution in [0.3, 0.4) is 0 Å². The van der Waals surface area contributed by atoms with Crippen molar-refractivity contribution in [1.82, 2.24) is 14.9 Å². The monoisotopic (exact) mass is 226 g/mol. The highest BCUT2D eigenvalue weighted by atomic mass is 16.4. The number of amides is 1. The van der Waals surface area contributed by atoms with E-state index in [4.69, 9.17) is 10.8 Å². The van der Waals surface area contributed by atoms with Crippen LogP contribution >= 0.6 is 0 Å². The highest BCUT2D eigenvalue weighted by molar-refractivity contribution is 5.84. The number of aromatic nitrogens is 2. The topological polar surface area (TPSA) is 110 Å². The molecule has 88 valence electrons. The Hall–Kier alpha value is -1.89. The number of carbonyl (C=O) groups is 2. The standard InChI is InChI=1S/C9H14N4O3/c1-13-5-11-4-6(13)2-7(9(15)16)12-8(14)3-10/h4-5,7H,2-3,10H2,1H3,(H,12,14)(H,15,16)/t7-/m0/s1. The van der Waals surface area contributed by atoms with Crippen molar-refractivity contribution in [3.05, 3.63) is 18.2 Å². The fourth-order valence-electron chi connectivity index (χ4n) is 1.24. The summed E-state index contributed by atoms with van der Waals surface area (Å²) in [5, 5.41) is 11.2. The number of rotatable bonds is 5. The van der Waals surface area contributed by atoms with E-state index in [-0.39, 0.29) is 13.0 Å². The normalized spacial score (nSPS) is 12.1. The zero-order valence-corrected chi connectivity index (χ0v) is 8.88. The summed E-state index contributed by atoms with van der Waals surface area (Å²) >= 11 is 0. The van der Waals surface area contributed by atoms with Crippen LogP contribution in [-0.2, 0) is 23.1 Å². The highest BCUT2D eigenvalue weighted by Crippen LogP contribution is 2.01. The molecule has 4 N–H and O–H groups in total. The van der Waals surface area contributed by atoms with Gasteiger partial charge in [-0.05, 0) is 0 Å². The number of carbonyl (C=O) groups excluding carboxylic acids is 1. The van der Waals surface area contributed by atoms with Crippen molar-refractivity contribution in [2.75, 3.05) is 6.54 Å². The van der Waals surface area contributed by atoms with Crippen LogP contribution in [0.5, 0.6) is 0 Å². The largest absolute Gasteiger partial charge is 0.480 e. The molecular weight excluding hydrogens is 212 g/mol. The molecule has 0 unspecified atom stereocenters. The van der Waals surface area contributed by atoms with E-state index < -0.39 is 17.9 Å². The molecule has 0 aliphatic carbocycles. The molecule has 1 aromatic heterocycles. The Morgan fingerprint density at radius 2 is 2.38 bits per heavy atom. The predicted molar refractivity (Wildman–Crippen MR) is 55.5 cm³/mol. The average Bonchev–Trinajstić information content (AvgIpc) is 2.63. The number of nitrogens with two attached hydrogens (primary N) is 1. The van der Waals surface area contributed by atoms with Gasteiger partial charge in [0.1, 0.15) is 6.04 Å². The van der Waals surface area contributed by atoms with Crippen LogP contribution in [-0.4, -0.2) is 39.1 Å². The fraction of sp³-hybridized carbons (Fsp3) is 0.444. The summed E-state index contributed by atoms with van der Waals surface area (Å²) in [4.78, 5) is 25.8. The molecule has 0 fully saturated rings. The SMILES string of the molecule is Cn1cncc1C[C@H](NC(=O)CN)C(=O)O. The molecule has 1 heterocycles. The van der Waals surface area contributed by atoms with Crippen LogP contribution in [0.4, 0.5) is 0 Å². The van der Waals surface area contributed by atoms with Crippen molar-refractivity contribution >= 4 is 11.9 Å². The van der Waals surface area contributed by atoms with Crippen LogP contribution < -0.4 is 11.1 Å². The van der Waals surface area contributed by atoms with Gasteiger partial charge in [0.2, 0.25) is 5.91 Å². The summed E-state index contributed by atoms with van der Waals surface area (Å²) in [5.41, 5.74) is 5.83. The number of hydrogen-bond donors (Lipinski definition) is 3. The molecule has 0 radical (unpaired) electrons. The number of hydrogen-bond acceptors (Lipinski definition) is 4. The Morgan fingerprint density at radius 1 is 1.69 bits per heavy atom. The minimum absolute atomic E-state index is 0.178. The van der Waals surface area contributed by atoms with Gasteiger partial charge < -0.3 is 20.7 Å². The lowest BCUT2D eigenvalue weighted by molar-refractivity contribution is -0.141. The predicted octanol–water partition coefficient (Wildman–Crippen LogP) is -1.51. The molecular formula is C9H14N4O3. The zero-order valence-electron chi connectivity index (χ0n) is 8.88. The van der Waals surface area contributed by atoms with Gasteiger partial charge in [0.15, 0.2) is 0 Å². The van der Waals surface area contributed by atoms with E-state index in [1.807, 2.05) is 0 Å². The molecule has 16 heavy (non-hydrogen) atoms. The first-order valence-electron chi connectivity index (χ1n) is 4.72. The second kappa shape index (κ2) is 5.26. The molecule has 0 bridgehead atoms. The van der Waals surface area contributed by atoms with Crippen LogP contribution in [0.2, 0.25) is 0 Å². The van der Waals surface area contributed by atoms with Gasteiger partial charge in [0.25, 0.3) is 0 Å². The first-order valence-corrected chi connectivity index (χ1v) is 4.72. The molecule has 0 saturated heterocycles. The molecule has 1 atom stereocenters. The van der Waals surface area contributed by atoms with E-state index in [9.17, 15) is 9.59 Å². The van der Waals surface area contributed by atoms with Crippen molar-refractivity contribution in [2.45, 2.75) is 12.5 Å². The van der Waals surface area contributed by atoms with Crippen LogP contribution in [0.1, 0.15) is 5.69 Å².